The summed E-state index contributed by atoms with van der Waals surface area (Å²) >= 11 is 3.53. The van der Waals surface area contributed by atoms with Crippen LogP contribution in [0.25, 0.3) is 5.65 Å². The molecule has 0 spiro atoms. The van der Waals surface area contributed by atoms with Gasteiger partial charge in [-0.15, -0.1) is 0 Å². The van der Waals surface area contributed by atoms with Crippen molar-refractivity contribution >= 4 is 27.3 Å². The van der Waals surface area contributed by atoms with Crippen molar-refractivity contribution in [1.82, 2.24) is 9.38 Å². The Labute approximate surface area is 133 Å². The summed E-state index contributed by atoms with van der Waals surface area (Å²) in [5.74, 6) is 0. The number of benzene rings is 1. The molecule has 21 heavy (non-hydrogen) atoms. The SMILES string of the molecule is CCc1cc(Br)ccc1NCc1c(C)nc2ccccn12. The second-order valence-corrected chi connectivity index (χ2v) is 6.00. The number of nitrogens with zero attached hydrogens (tertiary/aromatic N) is 2. The van der Waals surface area contributed by atoms with E-state index in [4.69, 9.17) is 0 Å². The van der Waals surface area contributed by atoms with E-state index in [1.807, 2.05) is 18.2 Å². The highest BCUT2D eigenvalue weighted by Gasteiger charge is 2.08. The lowest BCUT2D eigenvalue weighted by atomic mass is 10.1. The molecule has 0 saturated carbocycles. The summed E-state index contributed by atoms with van der Waals surface area (Å²) in [6, 6.07) is 12.5. The van der Waals surface area contributed by atoms with Crippen molar-refractivity contribution in [2.24, 2.45) is 0 Å². The van der Waals surface area contributed by atoms with E-state index >= 15 is 0 Å². The number of nitrogens with one attached hydrogen (secondary N) is 1. The van der Waals surface area contributed by atoms with E-state index in [1.54, 1.807) is 0 Å². The van der Waals surface area contributed by atoms with Crippen LogP contribution in [0.4, 0.5) is 5.69 Å². The fourth-order valence-corrected chi connectivity index (χ4v) is 2.99. The molecule has 108 valence electrons. The Morgan fingerprint density at radius 3 is 2.90 bits per heavy atom. The first-order valence-corrected chi connectivity index (χ1v) is 7.93. The van der Waals surface area contributed by atoms with Gasteiger partial charge in [0.15, 0.2) is 0 Å². The van der Waals surface area contributed by atoms with Gasteiger partial charge in [-0.25, -0.2) is 4.98 Å². The molecule has 0 aliphatic carbocycles. The molecule has 1 aromatic carbocycles. The number of aromatic nitrogens is 2. The summed E-state index contributed by atoms with van der Waals surface area (Å²) < 4.78 is 3.27. The molecule has 0 fully saturated rings. The standard InChI is InChI=1S/C17H18BrN3/c1-3-13-10-14(18)7-8-15(13)19-11-16-12(2)20-17-6-4-5-9-21(16)17/h4-10,19H,3,11H2,1-2H3. The van der Waals surface area contributed by atoms with Gasteiger partial charge in [-0.05, 0) is 49.2 Å². The van der Waals surface area contributed by atoms with E-state index in [2.05, 4.69) is 68.9 Å². The van der Waals surface area contributed by atoms with E-state index in [0.29, 0.717) is 0 Å². The van der Waals surface area contributed by atoms with Crippen LogP contribution in [0.2, 0.25) is 0 Å². The average molecular weight is 344 g/mol. The van der Waals surface area contributed by atoms with E-state index in [1.165, 1.54) is 16.9 Å². The maximum Gasteiger partial charge on any atom is 0.137 e. The third-order valence-electron chi connectivity index (χ3n) is 3.72. The van der Waals surface area contributed by atoms with Crippen molar-refractivity contribution in [3.05, 3.63) is 64.0 Å². The molecule has 4 heteroatoms. The summed E-state index contributed by atoms with van der Waals surface area (Å²) in [4.78, 5) is 4.60. The molecule has 3 nitrogen and oxygen atoms in total. The van der Waals surface area contributed by atoms with Gasteiger partial charge in [-0.2, -0.15) is 0 Å². The van der Waals surface area contributed by atoms with Crippen molar-refractivity contribution in [1.29, 1.82) is 0 Å². The number of anilines is 1. The van der Waals surface area contributed by atoms with E-state index in [9.17, 15) is 0 Å². The Hall–Kier alpha value is -1.81. The monoisotopic (exact) mass is 343 g/mol. The Morgan fingerprint density at radius 1 is 1.24 bits per heavy atom. The molecule has 2 aromatic heterocycles. The predicted octanol–water partition coefficient (Wildman–Crippen LogP) is 4.58. The van der Waals surface area contributed by atoms with Crippen molar-refractivity contribution in [3.63, 3.8) is 0 Å². The summed E-state index contributed by atoms with van der Waals surface area (Å²) in [6.07, 6.45) is 3.07. The lowest BCUT2D eigenvalue weighted by Crippen LogP contribution is -2.05. The lowest BCUT2D eigenvalue weighted by Gasteiger charge is -2.12. The zero-order valence-corrected chi connectivity index (χ0v) is 13.8. The molecule has 0 atom stereocenters. The van der Waals surface area contributed by atoms with Gasteiger partial charge in [-0.3, -0.25) is 0 Å². The molecule has 0 saturated heterocycles. The van der Waals surface area contributed by atoms with Crippen LogP contribution in [-0.2, 0) is 13.0 Å². The number of imidazole rings is 1. The zero-order valence-electron chi connectivity index (χ0n) is 12.2. The number of pyridine rings is 1. The normalized spacial score (nSPS) is 11.0. The molecule has 1 N–H and O–H groups in total. The second-order valence-electron chi connectivity index (χ2n) is 5.08. The Balaban J connectivity index is 1.88. The molecule has 0 aliphatic heterocycles. The Bertz CT molecular complexity index is 777. The van der Waals surface area contributed by atoms with Gasteiger partial charge in [0.2, 0.25) is 0 Å². The molecule has 2 heterocycles. The van der Waals surface area contributed by atoms with E-state index < -0.39 is 0 Å². The highest BCUT2D eigenvalue weighted by atomic mass is 79.9. The molecule has 0 unspecified atom stereocenters. The quantitative estimate of drug-likeness (QED) is 0.751. The van der Waals surface area contributed by atoms with Gasteiger partial charge >= 0.3 is 0 Å². The number of rotatable bonds is 4. The van der Waals surface area contributed by atoms with Crippen LogP contribution < -0.4 is 5.32 Å². The van der Waals surface area contributed by atoms with Gasteiger partial charge < -0.3 is 9.72 Å². The average Bonchev–Trinajstić information content (AvgIpc) is 2.81. The zero-order chi connectivity index (χ0) is 14.8. The molecular formula is C17H18BrN3. The number of halogens is 1. The topological polar surface area (TPSA) is 29.3 Å². The molecule has 0 aliphatic rings. The highest BCUT2D eigenvalue weighted by Crippen LogP contribution is 2.23. The first-order valence-electron chi connectivity index (χ1n) is 7.14. The summed E-state index contributed by atoms with van der Waals surface area (Å²) in [5.41, 5.74) is 5.78. The molecule has 0 amide bonds. The predicted molar refractivity (Wildman–Crippen MR) is 90.8 cm³/mol. The Morgan fingerprint density at radius 2 is 2.10 bits per heavy atom. The minimum atomic E-state index is 0.769. The van der Waals surface area contributed by atoms with Crippen LogP contribution in [0, 0.1) is 6.92 Å². The molecule has 0 radical (unpaired) electrons. The van der Waals surface area contributed by atoms with Gasteiger partial charge in [-0.1, -0.05) is 28.9 Å². The fraction of sp³-hybridized carbons (Fsp3) is 0.235. The minimum Gasteiger partial charge on any atom is -0.379 e. The van der Waals surface area contributed by atoms with Crippen LogP contribution in [0.3, 0.4) is 0 Å². The van der Waals surface area contributed by atoms with Gasteiger partial charge in [0.25, 0.3) is 0 Å². The van der Waals surface area contributed by atoms with Crippen molar-refractivity contribution < 1.29 is 0 Å². The van der Waals surface area contributed by atoms with Crippen molar-refractivity contribution in [3.8, 4) is 0 Å². The smallest absolute Gasteiger partial charge is 0.137 e. The van der Waals surface area contributed by atoms with Crippen LogP contribution in [0.15, 0.2) is 47.1 Å². The highest BCUT2D eigenvalue weighted by molar-refractivity contribution is 9.10. The lowest BCUT2D eigenvalue weighted by molar-refractivity contribution is 0.980. The van der Waals surface area contributed by atoms with Crippen molar-refractivity contribution in [2.75, 3.05) is 5.32 Å². The van der Waals surface area contributed by atoms with Crippen LogP contribution in [0.5, 0.6) is 0 Å². The third kappa shape index (κ3) is 2.81. The minimum absolute atomic E-state index is 0.769. The second kappa shape index (κ2) is 5.90. The summed E-state index contributed by atoms with van der Waals surface area (Å²) in [6.45, 7) is 5.00. The largest absolute Gasteiger partial charge is 0.379 e. The number of aryl methyl sites for hydroxylation is 2. The number of fused-ring (bicyclic) bond motifs is 1. The number of hydrogen-bond donors (Lipinski definition) is 1. The summed E-state index contributed by atoms with van der Waals surface area (Å²) in [7, 11) is 0. The third-order valence-corrected chi connectivity index (χ3v) is 4.22. The molecule has 0 bridgehead atoms. The first kappa shape index (κ1) is 14.1. The molecule has 3 rings (SSSR count). The molecule has 3 aromatic rings. The summed E-state index contributed by atoms with van der Waals surface area (Å²) in [5, 5.41) is 3.55. The van der Waals surface area contributed by atoms with Crippen LogP contribution in [-0.4, -0.2) is 9.38 Å². The maximum atomic E-state index is 4.60. The van der Waals surface area contributed by atoms with Gasteiger partial charge in [0.1, 0.15) is 5.65 Å². The Kier molecular flexibility index (Phi) is 3.97. The first-order chi connectivity index (χ1) is 10.2. The van der Waals surface area contributed by atoms with Gasteiger partial charge in [0.05, 0.1) is 17.9 Å². The maximum absolute atomic E-state index is 4.60. The van der Waals surface area contributed by atoms with E-state index in [0.717, 1.165) is 28.8 Å². The molecular weight excluding hydrogens is 326 g/mol. The van der Waals surface area contributed by atoms with Crippen LogP contribution in [0.1, 0.15) is 23.9 Å². The van der Waals surface area contributed by atoms with E-state index in [-0.39, 0.29) is 0 Å². The van der Waals surface area contributed by atoms with Crippen LogP contribution >= 0.6 is 15.9 Å². The van der Waals surface area contributed by atoms with Crippen molar-refractivity contribution in [2.45, 2.75) is 26.8 Å². The fourth-order valence-electron chi connectivity index (χ4n) is 2.58. The van der Waals surface area contributed by atoms with Gasteiger partial charge in [0, 0.05) is 16.4 Å². The number of hydrogen-bond acceptors (Lipinski definition) is 2.